The zero-order chi connectivity index (χ0) is 13.7. The van der Waals surface area contributed by atoms with Crippen LogP contribution in [0.3, 0.4) is 0 Å². The largest absolute Gasteiger partial charge is 0.484 e. The second-order valence-corrected chi connectivity index (χ2v) is 6.01. The van der Waals surface area contributed by atoms with E-state index in [0.717, 1.165) is 25.3 Å². The number of nitrogens with two attached hydrogens (primary N) is 1. The monoisotopic (exact) mass is 280 g/mol. The summed E-state index contributed by atoms with van der Waals surface area (Å²) in [5.74, 6) is 1.72. The highest BCUT2D eigenvalue weighted by Gasteiger charge is 2.23. The van der Waals surface area contributed by atoms with Crippen LogP contribution < -0.4 is 10.5 Å². The SMILES string of the molecule is CCC1CN(C(=O)COc2cccc(N)c2)CCS1. The van der Waals surface area contributed by atoms with Crippen molar-refractivity contribution in [3.8, 4) is 5.75 Å². The normalized spacial score (nSPS) is 19.2. The predicted octanol–water partition coefficient (Wildman–Crippen LogP) is 2.00. The molecule has 0 radical (unpaired) electrons. The Hall–Kier alpha value is -1.36. The molecule has 1 fully saturated rings. The average Bonchev–Trinajstić information content (AvgIpc) is 2.45. The second-order valence-electron chi connectivity index (χ2n) is 4.60. The minimum atomic E-state index is 0.0566. The number of amides is 1. The number of hydrogen-bond donors (Lipinski definition) is 1. The quantitative estimate of drug-likeness (QED) is 0.857. The van der Waals surface area contributed by atoms with E-state index in [1.807, 2.05) is 28.8 Å². The van der Waals surface area contributed by atoms with E-state index in [0.29, 0.717) is 16.7 Å². The number of nitrogens with zero attached hydrogens (tertiary/aromatic N) is 1. The Kier molecular flexibility index (Phi) is 4.96. The molecule has 0 aromatic heterocycles. The van der Waals surface area contributed by atoms with Crippen molar-refractivity contribution in [2.45, 2.75) is 18.6 Å². The highest BCUT2D eigenvalue weighted by atomic mass is 32.2. The fourth-order valence-corrected chi connectivity index (χ4v) is 3.21. The first kappa shape index (κ1) is 14.1. The first-order valence-electron chi connectivity index (χ1n) is 6.56. The lowest BCUT2D eigenvalue weighted by atomic mass is 10.3. The van der Waals surface area contributed by atoms with Gasteiger partial charge in [0, 0.05) is 35.8 Å². The minimum absolute atomic E-state index is 0.0566. The Morgan fingerprint density at radius 3 is 3.16 bits per heavy atom. The summed E-state index contributed by atoms with van der Waals surface area (Å²) in [5, 5.41) is 0.560. The van der Waals surface area contributed by atoms with Gasteiger partial charge in [-0.05, 0) is 18.6 Å². The molecular weight excluding hydrogens is 260 g/mol. The molecule has 1 amide bonds. The van der Waals surface area contributed by atoms with Gasteiger partial charge in [0.1, 0.15) is 5.75 Å². The molecule has 1 aliphatic rings. The third-order valence-electron chi connectivity index (χ3n) is 3.17. The van der Waals surface area contributed by atoms with Gasteiger partial charge in [-0.1, -0.05) is 13.0 Å². The molecule has 2 rings (SSSR count). The van der Waals surface area contributed by atoms with Crippen LogP contribution in [0.1, 0.15) is 13.3 Å². The molecule has 0 bridgehead atoms. The highest BCUT2D eigenvalue weighted by Crippen LogP contribution is 2.21. The van der Waals surface area contributed by atoms with Crippen LogP contribution >= 0.6 is 11.8 Å². The summed E-state index contributed by atoms with van der Waals surface area (Å²) in [7, 11) is 0. The number of nitrogen functional groups attached to an aromatic ring is 1. The summed E-state index contributed by atoms with van der Waals surface area (Å²) in [6.07, 6.45) is 1.10. The number of anilines is 1. The molecule has 1 atom stereocenters. The van der Waals surface area contributed by atoms with Gasteiger partial charge in [0.25, 0.3) is 5.91 Å². The Morgan fingerprint density at radius 1 is 1.58 bits per heavy atom. The van der Waals surface area contributed by atoms with E-state index in [4.69, 9.17) is 10.5 Å². The van der Waals surface area contributed by atoms with Crippen molar-refractivity contribution >= 4 is 23.4 Å². The maximum Gasteiger partial charge on any atom is 0.260 e. The third kappa shape index (κ3) is 4.06. The molecule has 1 heterocycles. The molecule has 0 saturated carbocycles. The van der Waals surface area contributed by atoms with Crippen LogP contribution in [0.15, 0.2) is 24.3 Å². The van der Waals surface area contributed by atoms with E-state index < -0.39 is 0 Å². The number of carbonyl (C=O) groups excluding carboxylic acids is 1. The average molecular weight is 280 g/mol. The maximum atomic E-state index is 12.1. The smallest absolute Gasteiger partial charge is 0.260 e. The molecule has 5 heteroatoms. The van der Waals surface area contributed by atoms with Crippen molar-refractivity contribution in [3.05, 3.63) is 24.3 Å². The number of ether oxygens (including phenoxy) is 1. The van der Waals surface area contributed by atoms with Gasteiger partial charge in [-0.2, -0.15) is 11.8 Å². The van der Waals surface area contributed by atoms with Crippen LogP contribution in [0, 0.1) is 0 Å². The zero-order valence-corrected chi connectivity index (χ0v) is 12.0. The van der Waals surface area contributed by atoms with E-state index in [-0.39, 0.29) is 12.5 Å². The Morgan fingerprint density at radius 2 is 2.42 bits per heavy atom. The number of carbonyl (C=O) groups is 1. The molecule has 1 aromatic carbocycles. The van der Waals surface area contributed by atoms with E-state index in [2.05, 4.69) is 6.92 Å². The van der Waals surface area contributed by atoms with E-state index in [1.54, 1.807) is 12.1 Å². The van der Waals surface area contributed by atoms with Gasteiger partial charge in [-0.15, -0.1) is 0 Å². The minimum Gasteiger partial charge on any atom is -0.484 e. The Bertz CT molecular complexity index is 439. The van der Waals surface area contributed by atoms with Crippen molar-refractivity contribution in [2.75, 3.05) is 31.2 Å². The van der Waals surface area contributed by atoms with Gasteiger partial charge in [0.2, 0.25) is 0 Å². The topological polar surface area (TPSA) is 55.6 Å². The lowest BCUT2D eigenvalue weighted by Gasteiger charge is -2.31. The first-order valence-corrected chi connectivity index (χ1v) is 7.61. The van der Waals surface area contributed by atoms with Crippen LogP contribution in [0.5, 0.6) is 5.75 Å². The Labute approximate surface area is 118 Å². The van der Waals surface area contributed by atoms with Gasteiger partial charge >= 0.3 is 0 Å². The Balaban J connectivity index is 1.84. The van der Waals surface area contributed by atoms with Crippen molar-refractivity contribution in [1.82, 2.24) is 4.90 Å². The van der Waals surface area contributed by atoms with Crippen LogP contribution in [0.25, 0.3) is 0 Å². The third-order valence-corrected chi connectivity index (χ3v) is 4.54. The van der Waals surface area contributed by atoms with Crippen molar-refractivity contribution in [3.63, 3.8) is 0 Å². The van der Waals surface area contributed by atoms with Gasteiger partial charge in [0.05, 0.1) is 0 Å². The molecule has 1 aromatic rings. The van der Waals surface area contributed by atoms with E-state index in [9.17, 15) is 4.79 Å². The number of hydrogen-bond acceptors (Lipinski definition) is 4. The molecule has 0 aliphatic carbocycles. The molecule has 19 heavy (non-hydrogen) atoms. The molecular formula is C14H20N2O2S. The summed E-state index contributed by atoms with van der Waals surface area (Å²) in [6, 6.07) is 7.15. The number of rotatable bonds is 4. The zero-order valence-electron chi connectivity index (χ0n) is 11.2. The van der Waals surface area contributed by atoms with Gasteiger partial charge < -0.3 is 15.4 Å². The highest BCUT2D eigenvalue weighted by molar-refractivity contribution is 8.00. The fraction of sp³-hybridized carbons (Fsp3) is 0.500. The standard InChI is InChI=1S/C14H20N2O2S/c1-2-13-9-16(6-7-19-13)14(17)10-18-12-5-3-4-11(15)8-12/h3-5,8,13H,2,6-7,9-10,15H2,1H3. The van der Waals surface area contributed by atoms with Crippen molar-refractivity contribution in [2.24, 2.45) is 0 Å². The predicted molar refractivity (Wildman–Crippen MR) is 79.5 cm³/mol. The van der Waals surface area contributed by atoms with Crippen molar-refractivity contribution in [1.29, 1.82) is 0 Å². The summed E-state index contributed by atoms with van der Waals surface area (Å²) in [4.78, 5) is 14.0. The summed E-state index contributed by atoms with van der Waals surface area (Å²) < 4.78 is 5.49. The fourth-order valence-electron chi connectivity index (χ4n) is 2.03. The molecule has 1 aliphatic heterocycles. The van der Waals surface area contributed by atoms with Gasteiger partial charge in [-0.25, -0.2) is 0 Å². The van der Waals surface area contributed by atoms with E-state index >= 15 is 0 Å². The summed E-state index contributed by atoms with van der Waals surface area (Å²) >= 11 is 1.95. The molecule has 2 N–H and O–H groups in total. The molecule has 0 spiro atoms. The first-order chi connectivity index (χ1) is 9.19. The van der Waals surface area contributed by atoms with Crippen LogP contribution in [-0.4, -0.2) is 41.5 Å². The number of thioether (sulfide) groups is 1. The van der Waals surface area contributed by atoms with Gasteiger partial charge in [0.15, 0.2) is 6.61 Å². The lowest BCUT2D eigenvalue weighted by molar-refractivity contribution is -0.133. The number of benzene rings is 1. The molecule has 4 nitrogen and oxygen atoms in total. The summed E-state index contributed by atoms with van der Waals surface area (Å²) in [6.45, 7) is 3.90. The second kappa shape index (κ2) is 6.70. The molecule has 1 unspecified atom stereocenters. The molecule has 1 saturated heterocycles. The van der Waals surface area contributed by atoms with Crippen LogP contribution in [0.2, 0.25) is 0 Å². The van der Waals surface area contributed by atoms with Crippen LogP contribution in [0.4, 0.5) is 5.69 Å². The van der Waals surface area contributed by atoms with Crippen molar-refractivity contribution < 1.29 is 9.53 Å². The lowest BCUT2D eigenvalue weighted by Crippen LogP contribution is -2.43. The summed E-state index contributed by atoms with van der Waals surface area (Å²) in [5.41, 5.74) is 6.31. The van der Waals surface area contributed by atoms with Gasteiger partial charge in [-0.3, -0.25) is 4.79 Å². The van der Waals surface area contributed by atoms with Crippen LogP contribution in [-0.2, 0) is 4.79 Å². The molecule has 104 valence electrons. The van der Waals surface area contributed by atoms with E-state index in [1.165, 1.54) is 0 Å². The maximum absolute atomic E-state index is 12.1.